The summed E-state index contributed by atoms with van der Waals surface area (Å²) >= 11 is 0. The van der Waals surface area contributed by atoms with E-state index in [0.717, 1.165) is 30.8 Å². The SMILES string of the molecule is Cc1ccc(S(=O)(=O)N2CCC(C(=O)NCC3(N4CCCCC4)CCCCC3)CC2)c(C)c1. The number of sulfonamides is 1. The van der Waals surface area contributed by atoms with Gasteiger partial charge in [0.25, 0.3) is 0 Å². The Balaban J connectivity index is 1.34. The summed E-state index contributed by atoms with van der Waals surface area (Å²) in [4.78, 5) is 16.1. The van der Waals surface area contributed by atoms with Crippen molar-refractivity contribution in [3.8, 4) is 0 Å². The van der Waals surface area contributed by atoms with Crippen LogP contribution in [0.2, 0.25) is 0 Å². The Kier molecular flexibility index (Phi) is 7.81. The maximum atomic E-state index is 13.2. The molecule has 3 aliphatic rings. The van der Waals surface area contributed by atoms with Gasteiger partial charge < -0.3 is 5.32 Å². The molecule has 7 heteroatoms. The first-order valence-electron chi connectivity index (χ1n) is 12.9. The molecule has 1 N–H and O–H groups in total. The summed E-state index contributed by atoms with van der Waals surface area (Å²) in [6.07, 6.45) is 11.2. The van der Waals surface area contributed by atoms with Crippen LogP contribution in [-0.2, 0) is 14.8 Å². The second kappa shape index (κ2) is 10.4. The lowest BCUT2D eigenvalue weighted by atomic mass is 9.79. The number of nitrogens with zero attached hydrogens (tertiary/aromatic N) is 2. The molecule has 0 bridgehead atoms. The Morgan fingerprint density at radius 2 is 1.61 bits per heavy atom. The Morgan fingerprint density at radius 3 is 2.24 bits per heavy atom. The van der Waals surface area contributed by atoms with Crippen LogP contribution < -0.4 is 5.32 Å². The molecule has 1 aliphatic carbocycles. The lowest BCUT2D eigenvalue weighted by molar-refractivity contribution is -0.127. The van der Waals surface area contributed by atoms with Crippen LogP contribution in [0.4, 0.5) is 0 Å². The van der Waals surface area contributed by atoms with Crippen molar-refractivity contribution in [2.45, 2.75) is 88.5 Å². The molecule has 0 aromatic heterocycles. The molecule has 1 aromatic carbocycles. The van der Waals surface area contributed by atoms with Gasteiger partial charge in [0.05, 0.1) is 4.90 Å². The molecule has 1 amide bonds. The third-order valence-corrected chi connectivity index (χ3v) is 10.2. The summed E-state index contributed by atoms with van der Waals surface area (Å²) in [5.41, 5.74) is 1.97. The van der Waals surface area contributed by atoms with E-state index in [1.165, 1.54) is 51.4 Å². The molecule has 184 valence electrons. The molecule has 1 saturated carbocycles. The molecule has 0 unspecified atom stereocenters. The molecular weight excluding hydrogens is 434 g/mol. The first-order chi connectivity index (χ1) is 15.8. The van der Waals surface area contributed by atoms with Crippen molar-refractivity contribution in [3.05, 3.63) is 29.3 Å². The quantitative estimate of drug-likeness (QED) is 0.675. The fraction of sp³-hybridized carbons (Fsp3) is 0.731. The minimum atomic E-state index is -3.52. The van der Waals surface area contributed by atoms with Gasteiger partial charge in [-0.3, -0.25) is 9.69 Å². The molecule has 0 atom stereocenters. The molecular formula is C26H41N3O3S. The topological polar surface area (TPSA) is 69.7 Å². The van der Waals surface area contributed by atoms with E-state index in [4.69, 9.17) is 0 Å². The van der Waals surface area contributed by atoms with Crippen molar-refractivity contribution in [1.82, 2.24) is 14.5 Å². The fourth-order valence-corrected chi connectivity index (χ4v) is 7.84. The molecule has 6 nitrogen and oxygen atoms in total. The highest BCUT2D eigenvalue weighted by atomic mass is 32.2. The zero-order valence-corrected chi connectivity index (χ0v) is 21.3. The van der Waals surface area contributed by atoms with E-state index in [2.05, 4.69) is 10.2 Å². The maximum Gasteiger partial charge on any atom is 0.243 e. The molecule has 0 radical (unpaired) electrons. The molecule has 2 aliphatic heterocycles. The smallest absolute Gasteiger partial charge is 0.243 e. The van der Waals surface area contributed by atoms with Crippen molar-refractivity contribution in [1.29, 1.82) is 0 Å². The summed E-state index contributed by atoms with van der Waals surface area (Å²) < 4.78 is 27.9. The van der Waals surface area contributed by atoms with E-state index in [0.29, 0.717) is 30.8 Å². The number of aryl methyl sites for hydroxylation is 2. The van der Waals surface area contributed by atoms with Gasteiger partial charge in [-0.2, -0.15) is 4.31 Å². The number of piperidine rings is 2. The predicted molar refractivity (Wildman–Crippen MR) is 132 cm³/mol. The number of hydrogen-bond acceptors (Lipinski definition) is 4. The van der Waals surface area contributed by atoms with Crippen LogP contribution in [0.3, 0.4) is 0 Å². The van der Waals surface area contributed by atoms with E-state index in [9.17, 15) is 13.2 Å². The molecule has 3 fully saturated rings. The minimum Gasteiger partial charge on any atom is -0.354 e. The van der Waals surface area contributed by atoms with Gasteiger partial charge in [0.1, 0.15) is 0 Å². The van der Waals surface area contributed by atoms with Gasteiger partial charge in [-0.05, 0) is 77.1 Å². The average molecular weight is 476 g/mol. The first-order valence-corrected chi connectivity index (χ1v) is 14.4. The average Bonchev–Trinajstić information content (AvgIpc) is 2.83. The van der Waals surface area contributed by atoms with E-state index in [1.807, 2.05) is 26.0 Å². The maximum absolute atomic E-state index is 13.2. The van der Waals surface area contributed by atoms with E-state index >= 15 is 0 Å². The number of hydrogen-bond donors (Lipinski definition) is 1. The van der Waals surface area contributed by atoms with Crippen LogP contribution in [0.1, 0.15) is 75.3 Å². The van der Waals surface area contributed by atoms with Crippen LogP contribution in [0, 0.1) is 19.8 Å². The van der Waals surface area contributed by atoms with E-state index < -0.39 is 10.0 Å². The van der Waals surface area contributed by atoms with Gasteiger partial charge in [0.2, 0.25) is 15.9 Å². The second-order valence-corrected chi connectivity index (χ2v) is 12.4. The van der Waals surface area contributed by atoms with Crippen molar-refractivity contribution < 1.29 is 13.2 Å². The zero-order chi connectivity index (χ0) is 23.5. The highest BCUT2D eigenvalue weighted by Crippen LogP contribution is 2.35. The van der Waals surface area contributed by atoms with Crippen LogP contribution in [0.5, 0.6) is 0 Å². The first kappa shape index (κ1) is 24.7. The Hall–Kier alpha value is -1.44. The van der Waals surface area contributed by atoms with E-state index in [-0.39, 0.29) is 17.4 Å². The molecule has 33 heavy (non-hydrogen) atoms. The monoisotopic (exact) mass is 475 g/mol. The van der Waals surface area contributed by atoms with Crippen LogP contribution >= 0.6 is 0 Å². The molecule has 0 spiro atoms. The standard InChI is InChI=1S/C26H41N3O3S/c1-21-9-10-24(22(2)19-21)33(31,32)29-17-11-23(12-18-29)25(30)27-20-26(13-5-3-6-14-26)28-15-7-4-8-16-28/h9-10,19,23H,3-8,11-18,20H2,1-2H3,(H,27,30). The summed E-state index contributed by atoms with van der Waals surface area (Å²) in [7, 11) is -3.52. The lowest BCUT2D eigenvalue weighted by Crippen LogP contribution is -2.58. The molecule has 2 saturated heterocycles. The number of nitrogens with one attached hydrogen (secondary N) is 1. The highest BCUT2D eigenvalue weighted by molar-refractivity contribution is 7.89. The van der Waals surface area contributed by atoms with Gasteiger partial charge in [0.15, 0.2) is 0 Å². The van der Waals surface area contributed by atoms with Crippen molar-refractivity contribution in [2.75, 3.05) is 32.7 Å². The number of benzene rings is 1. The second-order valence-electron chi connectivity index (χ2n) is 10.5. The van der Waals surface area contributed by atoms with Crippen molar-refractivity contribution in [2.24, 2.45) is 5.92 Å². The van der Waals surface area contributed by atoms with Crippen LogP contribution in [0.15, 0.2) is 23.1 Å². The Labute approximate surface area is 200 Å². The minimum absolute atomic E-state index is 0.0995. The van der Waals surface area contributed by atoms with Crippen LogP contribution in [0.25, 0.3) is 0 Å². The number of carbonyl (C=O) groups is 1. The van der Waals surface area contributed by atoms with Gasteiger partial charge in [-0.25, -0.2) is 8.42 Å². The fourth-order valence-electron chi connectivity index (χ4n) is 6.17. The largest absolute Gasteiger partial charge is 0.354 e. The summed E-state index contributed by atoms with van der Waals surface area (Å²) in [6.45, 7) is 7.69. The van der Waals surface area contributed by atoms with Crippen LogP contribution in [-0.4, -0.2) is 61.8 Å². The third kappa shape index (κ3) is 5.46. The van der Waals surface area contributed by atoms with Gasteiger partial charge >= 0.3 is 0 Å². The van der Waals surface area contributed by atoms with Gasteiger partial charge in [0, 0.05) is 31.1 Å². The number of likely N-dealkylation sites (tertiary alicyclic amines) is 1. The highest BCUT2D eigenvalue weighted by Gasteiger charge is 2.39. The summed E-state index contributed by atoms with van der Waals surface area (Å²) in [6, 6.07) is 5.48. The Morgan fingerprint density at radius 1 is 0.970 bits per heavy atom. The molecule has 4 rings (SSSR count). The lowest BCUT2D eigenvalue weighted by Gasteiger charge is -2.48. The molecule has 2 heterocycles. The number of rotatable bonds is 6. The normalized spacial score (nSPS) is 23.3. The van der Waals surface area contributed by atoms with Crippen molar-refractivity contribution >= 4 is 15.9 Å². The van der Waals surface area contributed by atoms with Gasteiger partial charge in [-0.1, -0.05) is 43.4 Å². The Bertz CT molecular complexity index is 926. The summed E-state index contributed by atoms with van der Waals surface area (Å²) in [5.74, 6) is 0.0121. The number of carbonyl (C=O) groups excluding carboxylic acids is 1. The molecule has 1 aromatic rings. The van der Waals surface area contributed by atoms with Crippen molar-refractivity contribution in [3.63, 3.8) is 0 Å². The number of amides is 1. The summed E-state index contributed by atoms with van der Waals surface area (Å²) in [5, 5.41) is 3.31. The zero-order valence-electron chi connectivity index (χ0n) is 20.4. The van der Waals surface area contributed by atoms with Gasteiger partial charge in [-0.15, -0.1) is 0 Å². The predicted octanol–water partition coefficient (Wildman–Crippen LogP) is 4.01. The van der Waals surface area contributed by atoms with E-state index in [1.54, 1.807) is 10.4 Å². The third-order valence-electron chi connectivity index (χ3n) is 8.18.